The minimum absolute atomic E-state index is 0.120. The summed E-state index contributed by atoms with van der Waals surface area (Å²) < 4.78 is 5.37. The second kappa shape index (κ2) is 7.21. The summed E-state index contributed by atoms with van der Waals surface area (Å²) in [4.78, 5) is 4.64. The number of aromatic nitrogens is 1. The summed E-state index contributed by atoms with van der Waals surface area (Å²) in [7, 11) is 0. The molecule has 0 saturated heterocycles. The highest BCUT2D eigenvalue weighted by molar-refractivity contribution is 5.86. The van der Waals surface area contributed by atoms with Crippen LogP contribution < -0.4 is 10.2 Å². The van der Waals surface area contributed by atoms with Gasteiger partial charge in [0.25, 0.3) is 0 Å². The number of aryl methyl sites for hydroxylation is 2. The first-order valence-corrected chi connectivity index (χ1v) is 8.20. The minimum atomic E-state index is 0.120. The Hall–Kier alpha value is -3.08. The number of hydrogen-bond acceptors (Lipinski definition) is 5. The van der Waals surface area contributed by atoms with Crippen molar-refractivity contribution in [2.75, 3.05) is 12.0 Å². The molecule has 0 bridgehead atoms. The van der Waals surface area contributed by atoms with Gasteiger partial charge in [0, 0.05) is 5.39 Å². The lowest BCUT2D eigenvalue weighted by atomic mass is 10.1. The molecule has 5 nitrogen and oxygen atoms in total. The van der Waals surface area contributed by atoms with Gasteiger partial charge in [-0.3, -0.25) is 5.43 Å². The maximum absolute atomic E-state index is 9.73. The van der Waals surface area contributed by atoms with E-state index in [4.69, 9.17) is 4.74 Å². The van der Waals surface area contributed by atoms with Crippen LogP contribution in [-0.4, -0.2) is 22.9 Å². The van der Waals surface area contributed by atoms with Gasteiger partial charge in [0.05, 0.1) is 18.3 Å². The Bertz CT molecular complexity index is 936. The molecule has 0 fully saturated rings. The number of fused-ring (bicyclic) bond motifs is 1. The third kappa shape index (κ3) is 3.71. The molecule has 0 aliphatic carbocycles. The summed E-state index contributed by atoms with van der Waals surface area (Å²) in [6, 6.07) is 13.2. The van der Waals surface area contributed by atoms with E-state index in [0.717, 1.165) is 27.6 Å². The van der Waals surface area contributed by atoms with Gasteiger partial charge in [0.15, 0.2) is 11.5 Å². The van der Waals surface area contributed by atoms with Crippen LogP contribution in [0.3, 0.4) is 0 Å². The maximum atomic E-state index is 9.73. The van der Waals surface area contributed by atoms with Crippen LogP contribution >= 0.6 is 0 Å². The fraction of sp³-hybridized carbons (Fsp3) is 0.200. The lowest BCUT2D eigenvalue weighted by molar-refractivity contribution is 0.318. The van der Waals surface area contributed by atoms with E-state index in [-0.39, 0.29) is 5.75 Å². The normalized spacial score (nSPS) is 11.2. The number of hydrogen-bond donors (Lipinski definition) is 2. The molecule has 3 rings (SSSR count). The van der Waals surface area contributed by atoms with Crippen LogP contribution in [0.1, 0.15) is 23.6 Å². The van der Waals surface area contributed by atoms with Gasteiger partial charge in [0.1, 0.15) is 5.82 Å². The molecule has 0 saturated carbocycles. The smallest absolute Gasteiger partial charge is 0.161 e. The number of rotatable bonds is 5. The second-order valence-electron chi connectivity index (χ2n) is 5.83. The quantitative estimate of drug-likeness (QED) is 0.536. The van der Waals surface area contributed by atoms with Crippen LogP contribution in [0.4, 0.5) is 5.82 Å². The predicted molar refractivity (Wildman–Crippen MR) is 102 cm³/mol. The van der Waals surface area contributed by atoms with Crippen LogP contribution in [0.25, 0.3) is 10.9 Å². The molecule has 0 atom stereocenters. The van der Waals surface area contributed by atoms with E-state index >= 15 is 0 Å². The summed E-state index contributed by atoms with van der Waals surface area (Å²) in [5, 5.41) is 15.1. The van der Waals surface area contributed by atoms with Crippen molar-refractivity contribution in [3.05, 3.63) is 59.2 Å². The first-order valence-electron chi connectivity index (χ1n) is 8.20. The topological polar surface area (TPSA) is 66.7 Å². The number of para-hydroxylation sites is 1. The highest BCUT2D eigenvalue weighted by atomic mass is 16.5. The molecule has 0 spiro atoms. The van der Waals surface area contributed by atoms with E-state index in [9.17, 15) is 5.11 Å². The first-order chi connectivity index (χ1) is 12.1. The number of ether oxygens (including phenoxy) is 1. The van der Waals surface area contributed by atoms with Crippen molar-refractivity contribution in [3.63, 3.8) is 0 Å². The van der Waals surface area contributed by atoms with Gasteiger partial charge in [-0.2, -0.15) is 5.10 Å². The third-order valence-corrected chi connectivity index (χ3v) is 3.92. The number of benzene rings is 2. The van der Waals surface area contributed by atoms with Crippen molar-refractivity contribution >= 4 is 22.9 Å². The van der Waals surface area contributed by atoms with Crippen molar-refractivity contribution in [2.24, 2.45) is 5.10 Å². The van der Waals surface area contributed by atoms with Crippen LogP contribution in [0.15, 0.2) is 47.6 Å². The molecule has 0 radical (unpaired) electrons. The number of hydrazone groups is 1. The average molecular weight is 335 g/mol. The van der Waals surface area contributed by atoms with E-state index < -0.39 is 0 Å². The fourth-order valence-corrected chi connectivity index (χ4v) is 2.67. The third-order valence-electron chi connectivity index (χ3n) is 3.92. The molecule has 1 heterocycles. The molecular formula is C20H21N3O2. The number of phenolic OH excluding ortho intramolecular Hbond substituents is 1. The summed E-state index contributed by atoms with van der Waals surface area (Å²) in [6.45, 7) is 6.48. The number of anilines is 1. The van der Waals surface area contributed by atoms with Gasteiger partial charge in [0.2, 0.25) is 0 Å². The standard InChI is InChI=1S/C20H21N3O2/c1-4-25-18-11-15(8-9-17(18)24)12-21-23-19-10-14(3)16-7-5-6-13(2)20(16)22-19/h5-12,24H,4H2,1-3H3,(H,22,23). The van der Waals surface area contributed by atoms with E-state index in [2.05, 4.69) is 28.5 Å². The van der Waals surface area contributed by atoms with Crippen molar-refractivity contribution in [3.8, 4) is 11.5 Å². The van der Waals surface area contributed by atoms with E-state index in [1.165, 1.54) is 0 Å². The zero-order chi connectivity index (χ0) is 17.8. The molecule has 128 valence electrons. The van der Waals surface area contributed by atoms with E-state index in [1.54, 1.807) is 24.4 Å². The minimum Gasteiger partial charge on any atom is -0.504 e. The second-order valence-corrected chi connectivity index (χ2v) is 5.83. The Kier molecular flexibility index (Phi) is 4.84. The summed E-state index contributed by atoms with van der Waals surface area (Å²) >= 11 is 0. The highest BCUT2D eigenvalue weighted by Crippen LogP contribution is 2.26. The first kappa shape index (κ1) is 16.8. The number of aromatic hydroxyl groups is 1. The molecule has 0 amide bonds. The van der Waals surface area contributed by atoms with Crippen molar-refractivity contribution < 1.29 is 9.84 Å². The molecule has 5 heteroatoms. The molecule has 0 unspecified atom stereocenters. The predicted octanol–water partition coefficient (Wildman–Crippen LogP) is 4.40. The Balaban J connectivity index is 1.82. The van der Waals surface area contributed by atoms with Gasteiger partial charge >= 0.3 is 0 Å². The number of nitrogens with one attached hydrogen (secondary N) is 1. The van der Waals surface area contributed by atoms with Gasteiger partial charge in [-0.15, -0.1) is 0 Å². The van der Waals surface area contributed by atoms with Crippen LogP contribution in [0, 0.1) is 13.8 Å². The maximum Gasteiger partial charge on any atom is 0.161 e. The zero-order valence-corrected chi connectivity index (χ0v) is 14.6. The number of pyridine rings is 1. The van der Waals surface area contributed by atoms with Gasteiger partial charge in [-0.05, 0) is 61.7 Å². The Morgan fingerprint density at radius 3 is 2.80 bits per heavy atom. The van der Waals surface area contributed by atoms with Gasteiger partial charge < -0.3 is 9.84 Å². The summed E-state index contributed by atoms with van der Waals surface area (Å²) in [6.07, 6.45) is 1.67. The molecule has 0 aliphatic heterocycles. The van der Waals surface area contributed by atoms with E-state index in [1.807, 2.05) is 32.0 Å². The van der Waals surface area contributed by atoms with E-state index in [0.29, 0.717) is 18.2 Å². The molecule has 2 N–H and O–H groups in total. The van der Waals surface area contributed by atoms with Crippen molar-refractivity contribution in [2.45, 2.75) is 20.8 Å². The fourth-order valence-electron chi connectivity index (χ4n) is 2.67. The Morgan fingerprint density at radius 1 is 1.16 bits per heavy atom. The van der Waals surface area contributed by atoms with Gasteiger partial charge in [-0.1, -0.05) is 18.2 Å². The van der Waals surface area contributed by atoms with Crippen LogP contribution in [0.5, 0.6) is 11.5 Å². The molecule has 2 aromatic carbocycles. The van der Waals surface area contributed by atoms with Crippen LogP contribution in [0.2, 0.25) is 0 Å². The zero-order valence-electron chi connectivity index (χ0n) is 14.6. The van der Waals surface area contributed by atoms with Crippen molar-refractivity contribution in [1.29, 1.82) is 0 Å². The molecule has 0 aliphatic rings. The molecular weight excluding hydrogens is 314 g/mol. The average Bonchev–Trinajstić information content (AvgIpc) is 2.59. The highest BCUT2D eigenvalue weighted by Gasteiger charge is 2.05. The summed E-state index contributed by atoms with van der Waals surface area (Å²) in [5.74, 6) is 1.26. The molecule has 25 heavy (non-hydrogen) atoms. The SMILES string of the molecule is CCOc1cc(C=NNc2cc(C)c3cccc(C)c3n2)ccc1O. The largest absolute Gasteiger partial charge is 0.504 e. The Morgan fingerprint density at radius 2 is 2.00 bits per heavy atom. The molecule has 1 aromatic heterocycles. The van der Waals surface area contributed by atoms with Gasteiger partial charge in [-0.25, -0.2) is 4.98 Å². The number of nitrogens with zero attached hydrogens (tertiary/aromatic N) is 2. The van der Waals surface area contributed by atoms with Crippen LogP contribution in [-0.2, 0) is 0 Å². The monoisotopic (exact) mass is 335 g/mol. The lowest BCUT2D eigenvalue weighted by Crippen LogP contribution is -1.97. The Labute approximate surface area is 147 Å². The van der Waals surface area contributed by atoms with Crippen molar-refractivity contribution in [1.82, 2.24) is 4.98 Å². The lowest BCUT2D eigenvalue weighted by Gasteiger charge is -2.08. The number of phenols is 1. The summed E-state index contributed by atoms with van der Waals surface area (Å²) in [5.41, 5.74) is 7.05. The molecule has 3 aromatic rings.